The molecule has 0 atom stereocenters. The quantitative estimate of drug-likeness (QED) is 0.666. The molecular weight excluding hydrogens is 218 g/mol. The topological polar surface area (TPSA) is 70.2 Å². The Morgan fingerprint density at radius 3 is 2.47 bits per heavy atom. The molecule has 0 aromatic heterocycles. The fourth-order valence-electron chi connectivity index (χ4n) is 1.28. The van der Waals surface area contributed by atoms with Crippen molar-refractivity contribution in [3.05, 3.63) is 30.3 Å². The number of rotatable bonds is 6. The Morgan fingerprint density at radius 1 is 1.12 bits per heavy atom. The number of carbonyl (C=O) groups is 2. The van der Waals surface area contributed by atoms with Gasteiger partial charge in [0.2, 0.25) is 11.8 Å². The van der Waals surface area contributed by atoms with Crippen molar-refractivity contribution in [2.24, 2.45) is 0 Å². The largest absolute Gasteiger partial charge is 0.354 e. The maximum absolute atomic E-state index is 11.5. The molecule has 1 aromatic rings. The van der Waals surface area contributed by atoms with Crippen LogP contribution in [0, 0.1) is 0 Å². The molecule has 3 N–H and O–H groups in total. The predicted octanol–water partition coefficient (Wildman–Crippen LogP) is 0.351. The van der Waals surface area contributed by atoms with Crippen LogP contribution < -0.4 is 16.0 Å². The van der Waals surface area contributed by atoms with E-state index in [9.17, 15) is 9.59 Å². The molecule has 0 aliphatic heterocycles. The van der Waals surface area contributed by atoms with E-state index in [2.05, 4.69) is 16.0 Å². The van der Waals surface area contributed by atoms with E-state index in [0.29, 0.717) is 6.54 Å². The number of amides is 2. The van der Waals surface area contributed by atoms with Gasteiger partial charge >= 0.3 is 0 Å². The van der Waals surface area contributed by atoms with E-state index in [4.69, 9.17) is 0 Å². The number of benzene rings is 1. The van der Waals surface area contributed by atoms with Gasteiger partial charge < -0.3 is 16.0 Å². The maximum atomic E-state index is 11.5. The SMILES string of the molecule is CNCC(=O)NCCC(=O)Nc1ccccc1. The van der Waals surface area contributed by atoms with Gasteiger partial charge in [0.15, 0.2) is 0 Å². The molecule has 0 fully saturated rings. The molecule has 0 aliphatic carbocycles. The number of likely N-dealkylation sites (N-methyl/N-ethyl adjacent to an activating group) is 1. The van der Waals surface area contributed by atoms with E-state index in [1.165, 1.54) is 0 Å². The van der Waals surface area contributed by atoms with Crippen LogP contribution in [0.3, 0.4) is 0 Å². The summed E-state index contributed by atoms with van der Waals surface area (Å²) >= 11 is 0. The van der Waals surface area contributed by atoms with E-state index < -0.39 is 0 Å². The zero-order chi connectivity index (χ0) is 12.5. The average molecular weight is 235 g/mol. The summed E-state index contributed by atoms with van der Waals surface area (Å²) in [6, 6.07) is 9.22. The Kier molecular flexibility index (Phi) is 5.74. The van der Waals surface area contributed by atoms with Gasteiger partial charge in [-0.3, -0.25) is 9.59 Å². The van der Waals surface area contributed by atoms with Crippen LogP contribution in [0.4, 0.5) is 5.69 Å². The Labute approximate surface area is 101 Å². The average Bonchev–Trinajstić information content (AvgIpc) is 2.30. The second-order valence-electron chi connectivity index (χ2n) is 3.54. The molecule has 2 amide bonds. The van der Waals surface area contributed by atoms with E-state index in [0.717, 1.165) is 5.69 Å². The van der Waals surface area contributed by atoms with Crippen LogP contribution in [0.25, 0.3) is 0 Å². The van der Waals surface area contributed by atoms with E-state index in [1.807, 2.05) is 30.3 Å². The zero-order valence-corrected chi connectivity index (χ0v) is 9.82. The maximum Gasteiger partial charge on any atom is 0.233 e. The number of carbonyl (C=O) groups excluding carboxylic acids is 2. The van der Waals surface area contributed by atoms with E-state index in [-0.39, 0.29) is 24.8 Å². The van der Waals surface area contributed by atoms with Gasteiger partial charge in [-0.15, -0.1) is 0 Å². The Bertz CT molecular complexity index is 365. The van der Waals surface area contributed by atoms with Crippen molar-refractivity contribution in [1.82, 2.24) is 10.6 Å². The van der Waals surface area contributed by atoms with Crippen LogP contribution in [-0.2, 0) is 9.59 Å². The molecule has 0 spiro atoms. The van der Waals surface area contributed by atoms with Crippen LogP contribution in [0.15, 0.2) is 30.3 Å². The highest BCUT2D eigenvalue weighted by molar-refractivity contribution is 5.91. The lowest BCUT2D eigenvalue weighted by molar-refractivity contribution is -0.120. The third-order valence-electron chi connectivity index (χ3n) is 2.07. The minimum absolute atomic E-state index is 0.110. The Morgan fingerprint density at radius 2 is 1.82 bits per heavy atom. The summed E-state index contributed by atoms with van der Waals surface area (Å²) in [5.74, 6) is -0.221. The van der Waals surface area contributed by atoms with E-state index in [1.54, 1.807) is 7.05 Å². The van der Waals surface area contributed by atoms with Crippen molar-refractivity contribution in [2.75, 3.05) is 25.5 Å². The summed E-state index contributed by atoms with van der Waals surface area (Å²) in [6.07, 6.45) is 0.268. The van der Waals surface area contributed by atoms with Gasteiger partial charge in [-0.05, 0) is 19.2 Å². The minimum Gasteiger partial charge on any atom is -0.354 e. The summed E-state index contributed by atoms with van der Waals surface area (Å²) in [7, 11) is 1.70. The first-order chi connectivity index (χ1) is 8.22. The molecule has 17 heavy (non-hydrogen) atoms. The molecule has 1 rings (SSSR count). The van der Waals surface area contributed by atoms with E-state index >= 15 is 0 Å². The molecule has 0 saturated carbocycles. The molecule has 5 heteroatoms. The van der Waals surface area contributed by atoms with Gasteiger partial charge in [-0.1, -0.05) is 18.2 Å². The normalized spacial score (nSPS) is 9.71. The molecule has 0 radical (unpaired) electrons. The third-order valence-corrected chi connectivity index (χ3v) is 2.07. The lowest BCUT2D eigenvalue weighted by Gasteiger charge is -2.06. The van der Waals surface area contributed by atoms with Crippen molar-refractivity contribution in [3.8, 4) is 0 Å². The lowest BCUT2D eigenvalue weighted by Crippen LogP contribution is -2.34. The van der Waals surface area contributed by atoms with Gasteiger partial charge in [0.1, 0.15) is 0 Å². The van der Waals surface area contributed by atoms with Crippen LogP contribution >= 0.6 is 0 Å². The van der Waals surface area contributed by atoms with Gasteiger partial charge in [0, 0.05) is 18.7 Å². The molecule has 0 unspecified atom stereocenters. The smallest absolute Gasteiger partial charge is 0.233 e. The number of anilines is 1. The first-order valence-corrected chi connectivity index (χ1v) is 5.48. The van der Waals surface area contributed by atoms with Crippen molar-refractivity contribution < 1.29 is 9.59 Å². The van der Waals surface area contributed by atoms with Crippen LogP contribution in [0.2, 0.25) is 0 Å². The first kappa shape index (κ1) is 13.2. The molecule has 0 saturated heterocycles. The number of nitrogens with one attached hydrogen (secondary N) is 3. The van der Waals surface area contributed by atoms with Crippen LogP contribution in [-0.4, -0.2) is 32.0 Å². The molecule has 0 bridgehead atoms. The summed E-state index contributed by atoms with van der Waals surface area (Å²) in [5.41, 5.74) is 0.763. The summed E-state index contributed by atoms with van der Waals surface area (Å²) in [4.78, 5) is 22.6. The standard InChI is InChI=1S/C12H17N3O2/c1-13-9-12(17)14-8-7-11(16)15-10-5-3-2-4-6-10/h2-6,13H,7-9H2,1H3,(H,14,17)(H,15,16). The summed E-state index contributed by atoms with van der Waals surface area (Å²) < 4.78 is 0. The summed E-state index contributed by atoms with van der Waals surface area (Å²) in [5, 5.41) is 8.11. The summed E-state index contributed by atoms with van der Waals surface area (Å²) in [6.45, 7) is 0.611. The molecule has 5 nitrogen and oxygen atoms in total. The fraction of sp³-hybridized carbons (Fsp3) is 0.333. The van der Waals surface area contributed by atoms with Crippen molar-refractivity contribution in [1.29, 1.82) is 0 Å². The molecule has 0 aliphatic rings. The molecule has 92 valence electrons. The number of para-hydroxylation sites is 1. The van der Waals surface area contributed by atoms with Gasteiger partial charge in [-0.25, -0.2) is 0 Å². The monoisotopic (exact) mass is 235 g/mol. The van der Waals surface area contributed by atoms with Gasteiger partial charge in [0.25, 0.3) is 0 Å². The fourth-order valence-corrected chi connectivity index (χ4v) is 1.28. The van der Waals surface area contributed by atoms with Crippen molar-refractivity contribution in [3.63, 3.8) is 0 Å². The molecule has 1 aromatic carbocycles. The van der Waals surface area contributed by atoms with Crippen LogP contribution in [0.5, 0.6) is 0 Å². The Hall–Kier alpha value is -1.88. The van der Waals surface area contributed by atoms with Crippen LogP contribution in [0.1, 0.15) is 6.42 Å². The van der Waals surface area contributed by atoms with Crippen molar-refractivity contribution >= 4 is 17.5 Å². The highest BCUT2D eigenvalue weighted by atomic mass is 16.2. The second kappa shape index (κ2) is 7.40. The van der Waals surface area contributed by atoms with Gasteiger partial charge in [0.05, 0.1) is 6.54 Å². The molecule has 0 heterocycles. The lowest BCUT2D eigenvalue weighted by atomic mass is 10.3. The second-order valence-corrected chi connectivity index (χ2v) is 3.54. The Balaban J connectivity index is 2.20. The zero-order valence-electron chi connectivity index (χ0n) is 9.82. The van der Waals surface area contributed by atoms with Crippen molar-refractivity contribution in [2.45, 2.75) is 6.42 Å². The highest BCUT2D eigenvalue weighted by Crippen LogP contribution is 2.04. The first-order valence-electron chi connectivity index (χ1n) is 5.48. The number of hydrogen-bond acceptors (Lipinski definition) is 3. The highest BCUT2D eigenvalue weighted by Gasteiger charge is 2.03. The molecular formula is C12H17N3O2. The minimum atomic E-state index is -0.111. The number of hydrogen-bond donors (Lipinski definition) is 3. The predicted molar refractivity (Wildman–Crippen MR) is 66.6 cm³/mol. The third kappa shape index (κ3) is 5.67. The van der Waals surface area contributed by atoms with Gasteiger partial charge in [-0.2, -0.15) is 0 Å².